The molecule has 2 aromatic carbocycles. The first kappa shape index (κ1) is 18.9. The molecule has 4 nitrogen and oxygen atoms in total. The van der Waals surface area contributed by atoms with E-state index < -0.39 is 0 Å². The molecule has 2 aromatic rings. The molecule has 0 saturated heterocycles. The number of fused-ring (bicyclic) bond motifs is 1. The number of carbonyl (C=O) groups excluding carboxylic acids is 1. The highest BCUT2D eigenvalue weighted by Crippen LogP contribution is 2.52. The van der Waals surface area contributed by atoms with Gasteiger partial charge in [-0.05, 0) is 41.7 Å². The van der Waals surface area contributed by atoms with Crippen LogP contribution in [0.5, 0.6) is 11.5 Å². The summed E-state index contributed by atoms with van der Waals surface area (Å²) in [6.07, 6.45) is 1.42. The number of anilines is 1. The Kier molecular flexibility index (Phi) is 4.88. The third-order valence-electron chi connectivity index (χ3n) is 5.31. The fourth-order valence-corrected chi connectivity index (χ4v) is 5.35. The van der Waals surface area contributed by atoms with E-state index in [9.17, 15) is 4.79 Å². The maximum Gasteiger partial charge on any atom is 0.162 e. The average molecular weight is 396 g/mol. The minimum Gasteiger partial charge on any atom is -0.493 e. The number of nitrogens with one attached hydrogen (secondary N) is 1. The smallest absolute Gasteiger partial charge is 0.162 e. The van der Waals surface area contributed by atoms with Gasteiger partial charge >= 0.3 is 0 Å². The van der Waals surface area contributed by atoms with E-state index >= 15 is 0 Å². The minimum atomic E-state index is -0.0884. The Balaban J connectivity index is 1.88. The molecule has 4 rings (SSSR count). The molecular weight excluding hydrogens is 370 g/mol. The van der Waals surface area contributed by atoms with Crippen molar-refractivity contribution in [3.05, 3.63) is 59.3 Å². The molecule has 2 aliphatic rings. The number of ether oxygens (including phenoxy) is 2. The second kappa shape index (κ2) is 7.21. The summed E-state index contributed by atoms with van der Waals surface area (Å²) < 4.78 is 10.9. The fourth-order valence-electron chi connectivity index (χ4n) is 4.02. The van der Waals surface area contributed by atoms with E-state index in [0.29, 0.717) is 17.9 Å². The SMILES string of the molecule is COc1ccc([C@H]2Sc3ccccc3NC3=C2C(=O)CC(C)(C)C3)cc1OC. The maximum atomic E-state index is 13.2. The summed E-state index contributed by atoms with van der Waals surface area (Å²) >= 11 is 1.72. The molecule has 28 heavy (non-hydrogen) atoms. The summed E-state index contributed by atoms with van der Waals surface area (Å²) in [6.45, 7) is 4.32. The molecule has 1 atom stereocenters. The Bertz CT molecular complexity index is 964. The predicted molar refractivity (Wildman–Crippen MR) is 113 cm³/mol. The zero-order chi connectivity index (χ0) is 19.9. The molecule has 0 fully saturated rings. The van der Waals surface area contributed by atoms with Gasteiger partial charge in [-0.25, -0.2) is 0 Å². The maximum absolute atomic E-state index is 13.2. The van der Waals surface area contributed by atoms with Gasteiger partial charge in [0.05, 0.1) is 25.2 Å². The van der Waals surface area contributed by atoms with Crippen LogP contribution in [-0.2, 0) is 4.79 Å². The van der Waals surface area contributed by atoms with Gasteiger partial charge < -0.3 is 14.8 Å². The van der Waals surface area contributed by atoms with Crippen LogP contribution in [-0.4, -0.2) is 20.0 Å². The first-order chi connectivity index (χ1) is 13.4. The van der Waals surface area contributed by atoms with Crippen LogP contribution in [0.2, 0.25) is 0 Å². The molecule has 0 radical (unpaired) electrons. The molecule has 146 valence electrons. The molecule has 0 spiro atoms. The molecule has 0 amide bonds. The number of hydrogen-bond donors (Lipinski definition) is 1. The van der Waals surface area contributed by atoms with Crippen LogP contribution >= 0.6 is 11.8 Å². The zero-order valence-corrected chi connectivity index (χ0v) is 17.5. The Morgan fingerprint density at radius 1 is 1.04 bits per heavy atom. The molecule has 1 aliphatic carbocycles. The van der Waals surface area contributed by atoms with E-state index in [0.717, 1.165) is 33.8 Å². The van der Waals surface area contributed by atoms with Gasteiger partial charge in [0, 0.05) is 22.6 Å². The van der Waals surface area contributed by atoms with Gasteiger partial charge in [-0.1, -0.05) is 32.0 Å². The average Bonchev–Trinajstić information content (AvgIpc) is 2.82. The van der Waals surface area contributed by atoms with Gasteiger partial charge in [-0.2, -0.15) is 0 Å². The van der Waals surface area contributed by atoms with Crippen molar-refractivity contribution in [2.75, 3.05) is 19.5 Å². The zero-order valence-electron chi connectivity index (χ0n) is 16.7. The van der Waals surface area contributed by atoms with Crippen LogP contribution in [0.3, 0.4) is 0 Å². The monoisotopic (exact) mass is 395 g/mol. The number of thioether (sulfide) groups is 1. The van der Waals surface area contributed by atoms with Crippen molar-refractivity contribution >= 4 is 23.2 Å². The largest absolute Gasteiger partial charge is 0.493 e. The third kappa shape index (κ3) is 3.39. The lowest BCUT2D eigenvalue weighted by atomic mass is 9.74. The first-order valence-electron chi connectivity index (χ1n) is 9.43. The fraction of sp³-hybridized carbons (Fsp3) is 0.348. The lowest BCUT2D eigenvalue weighted by Gasteiger charge is -2.34. The molecule has 1 heterocycles. The standard InChI is InChI=1S/C23H25NO3S/c1-23(2)12-16-21(17(25)13-23)22(28-20-8-6-5-7-15(20)24-16)14-9-10-18(26-3)19(11-14)27-4/h5-11,22,24H,12-13H2,1-4H3/t22-/m1/s1. The number of hydrogen-bond acceptors (Lipinski definition) is 5. The minimum absolute atomic E-state index is 0.0466. The number of carbonyl (C=O) groups is 1. The summed E-state index contributed by atoms with van der Waals surface area (Å²) in [5.74, 6) is 1.59. The summed E-state index contributed by atoms with van der Waals surface area (Å²) in [5, 5.41) is 3.49. The van der Waals surface area contributed by atoms with Crippen molar-refractivity contribution in [3.8, 4) is 11.5 Å². The van der Waals surface area contributed by atoms with Crippen molar-refractivity contribution in [2.45, 2.75) is 36.8 Å². The third-order valence-corrected chi connectivity index (χ3v) is 6.66. The van der Waals surface area contributed by atoms with E-state index in [2.05, 4.69) is 31.3 Å². The van der Waals surface area contributed by atoms with E-state index in [-0.39, 0.29) is 16.4 Å². The van der Waals surface area contributed by atoms with Gasteiger partial charge in [0.2, 0.25) is 0 Å². The van der Waals surface area contributed by atoms with Gasteiger partial charge in [0.1, 0.15) is 0 Å². The van der Waals surface area contributed by atoms with Crippen LogP contribution in [0.25, 0.3) is 0 Å². The van der Waals surface area contributed by atoms with Crippen LogP contribution in [0.15, 0.2) is 58.6 Å². The predicted octanol–water partition coefficient (Wildman–Crippen LogP) is 5.61. The highest BCUT2D eigenvalue weighted by atomic mass is 32.2. The second-order valence-corrected chi connectivity index (χ2v) is 9.21. The highest BCUT2D eigenvalue weighted by Gasteiger charge is 2.39. The van der Waals surface area contributed by atoms with E-state index in [1.807, 2.05) is 30.3 Å². The van der Waals surface area contributed by atoms with Crippen molar-refractivity contribution < 1.29 is 14.3 Å². The van der Waals surface area contributed by atoms with Gasteiger partial charge in [0.15, 0.2) is 17.3 Å². The highest BCUT2D eigenvalue weighted by molar-refractivity contribution is 8.00. The van der Waals surface area contributed by atoms with Crippen molar-refractivity contribution in [1.29, 1.82) is 0 Å². The van der Waals surface area contributed by atoms with Gasteiger partial charge in [-0.3, -0.25) is 4.79 Å². The number of methoxy groups -OCH3 is 2. The summed E-state index contributed by atoms with van der Waals surface area (Å²) in [4.78, 5) is 14.4. The number of ketones is 1. The second-order valence-electron chi connectivity index (χ2n) is 8.07. The van der Waals surface area contributed by atoms with Crippen molar-refractivity contribution in [3.63, 3.8) is 0 Å². The van der Waals surface area contributed by atoms with E-state index in [1.165, 1.54) is 0 Å². The van der Waals surface area contributed by atoms with Crippen LogP contribution in [0.1, 0.15) is 37.5 Å². The Hall–Kier alpha value is -2.40. The number of benzene rings is 2. The molecule has 0 unspecified atom stereocenters. The van der Waals surface area contributed by atoms with Crippen molar-refractivity contribution in [1.82, 2.24) is 0 Å². The molecule has 1 N–H and O–H groups in total. The Labute approximate surface area is 170 Å². The number of para-hydroxylation sites is 1. The molecule has 5 heteroatoms. The Morgan fingerprint density at radius 2 is 1.79 bits per heavy atom. The Morgan fingerprint density at radius 3 is 2.54 bits per heavy atom. The summed E-state index contributed by atoms with van der Waals surface area (Å²) in [5.41, 5.74) is 3.98. The molecular formula is C23H25NO3S. The van der Waals surface area contributed by atoms with Crippen LogP contribution in [0, 0.1) is 5.41 Å². The lowest BCUT2D eigenvalue weighted by Crippen LogP contribution is -2.29. The molecule has 0 saturated carbocycles. The van der Waals surface area contributed by atoms with Gasteiger partial charge in [-0.15, -0.1) is 11.8 Å². The summed E-state index contributed by atoms with van der Waals surface area (Å²) in [7, 11) is 3.27. The normalized spacial score (nSPS) is 20.6. The van der Waals surface area contributed by atoms with E-state index in [4.69, 9.17) is 9.47 Å². The number of allylic oxidation sites excluding steroid dienone is 1. The molecule has 1 aliphatic heterocycles. The quantitative estimate of drug-likeness (QED) is 0.732. The van der Waals surface area contributed by atoms with Gasteiger partial charge in [0.25, 0.3) is 0 Å². The van der Waals surface area contributed by atoms with Crippen LogP contribution in [0.4, 0.5) is 5.69 Å². The van der Waals surface area contributed by atoms with E-state index in [1.54, 1.807) is 26.0 Å². The molecule has 0 aromatic heterocycles. The molecule has 0 bridgehead atoms. The van der Waals surface area contributed by atoms with Crippen molar-refractivity contribution in [2.24, 2.45) is 5.41 Å². The summed E-state index contributed by atoms with van der Waals surface area (Å²) in [6, 6.07) is 14.2. The first-order valence-corrected chi connectivity index (χ1v) is 10.3. The lowest BCUT2D eigenvalue weighted by molar-refractivity contribution is -0.118. The number of rotatable bonds is 3. The number of Topliss-reactive ketones (excluding diaryl/α,β-unsaturated/α-hetero) is 1. The van der Waals surface area contributed by atoms with Crippen LogP contribution < -0.4 is 14.8 Å². The topological polar surface area (TPSA) is 47.6 Å².